The van der Waals surface area contributed by atoms with E-state index in [2.05, 4.69) is 15.4 Å². The zero-order chi connectivity index (χ0) is 15.7. The summed E-state index contributed by atoms with van der Waals surface area (Å²) in [7, 11) is 1.63. The Bertz CT molecular complexity index is 506. The van der Waals surface area contributed by atoms with E-state index >= 15 is 0 Å². The molecule has 0 radical (unpaired) electrons. The first-order chi connectivity index (χ1) is 9.78. The van der Waals surface area contributed by atoms with Gasteiger partial charge in [0.15, 0.2) is 0 Å². The third-order valence-electron chi connectivity index (χ3n) is 4.17. The van der Waals surface area contributed by atoms with Gasteiger partial charge < -0.3 is 5.32 Å². The van der Waals surface area contributed by atoms with Gasteiger partial charge in [-0.05, 0) is 19.8 Å². The van der Waals surface area contributed by atoms with Crippen LogP contribution in [-0.4, -0.2) is 26.8 Å². The van der Waals surface area contributed by atoms with E-state index in [0.29, 0.717) is 18.7 Å². The molecule has 0 saturated heterocycles. The van der Waals surface area contributed by atoms with Gasteiger partial charge in [0.25, 0.3) is 0 Å². The van der Waals surface area contributed by atoms with Crippen molar-refractivity contribution in [1.82, 2.24) is 20.1 Å². The van der Waals surface area contributed by atoms with E-state index < -0.39 is 23.5 Å². The van der Waals surface area contributed by atoms with Crippen LogP contribution in [0.4, 0.5) is 13.2 Å². The Balaban J connectivity index is 2.18. The van der Waals surface area contributed by atoms with E-state index in [-0.39, 0.29) is 12.8 Å². The molecule has 0 bridgehead atoms. The SMILES string of the molecule is CC(NC(=O)C1(C(F)(F)F)CCCCC1)c1ncnn1C. The summed E-state index contributed by atoms with van der Waals surface area (Å²) in [5, 5.41) is 6.31. The van der Waals surface area contributed by atoms with E-state index in [1.165, 1.54) is 11.0 Å². The first-order valence-electron chi connectivity index (χ1n) is 6.99. The predicted molar refractivity (Wildman–Crippen MR) is 69.1 cm³/mol. The van der Waals surface area contributed by atoms with Crippen LogP contribution in [0.25, 0.3) is 0 Å². The largest absolute Gasteiger partial charge is 0.403 e. The van der Waals surface area contributed by atoms with Gasteiger partial charge in [0, 0.05) is 7.05 Å². The van der Waals surface area contributed by atoms with Gasteiger partial charge in [-0.25, -0.2) is 4.98 Å². The van der Waals surface area contributed by atoms with Crippen LogP contribution in [0, 0.1) is 5.41 Å². The number of nitrogens with zero attached hydrogens (tertiary/aromatic N) is 3. The highest BCUT2D eigenvalue weighted by Gasteiger charge is 2.60. The van der Waals surface area contributed by atoms with Crippen molar-refractivity contribution in [2.75, 3.05) is 0 Å². The number of hydrogen-bond acceptors (Lipinski definition) is 3. The minimum absolute atomic E-state index is 0.145. The van der Waals surface area contributed by atoms with Gasteiger partial charge in [-0.3, -0.25) is 9.48 Å². The molecule has 1 aromatic heterocycles. The number of nitrogens with one attached hydrogen (secondary N) is 1. The summed E-state index contributed by atoms with van der Waals surface area (Å²) in [6.45, 7) is 1.61. The molecule has 8 heteroatoms. The van der Waals surface area contributed by atoms with Crippen LogP contribution < -0.4 is 5.32 Å². The number of aryl methyl sites for hydroxylation is 1. The van der Waals surface area contributed by atoms with Crippen molar-refractivity contribution < 1.29 is 18.0 Å². The number of halogens is 3. The summed E-state index contributed by atoms with van der Waals surface area (Å²) in [6, 6.07) is -0.619. The van der Waals surface area contributed by atoms with Crippen LogP contribution in [0.1, 0.15) is 50.9 Å². The Morgan fingerprint density at radius 3 is 2.48 bits per heavy atom. The topological polar surface area (TPSA) is 59.8 Å². The van der Waals surface area contributed by atoms with Crippen LogP contribution in [0.3, 0.4) is 0 Å². The zero-order valence-electron chi connectivity index (χ0n) is 12.1. The van der Waals surface area contributed by atoms with Crippen molar-refractivity contribution in [3.05, 3.63) is 12.2 Å². The summed E-state index contributed by atoms with van der Waals surface area (Å²) in [5.41, 5.74) is -2.27. The number of hydrogen-bond donors (Lipinski definition) is 1. The Kier molecular flexibility index (Phi) is 4.25. The molecular weight excluding hydrogens is 285 g/mol. The fourth-order valence-corrected chi connectivity index (χ4v) is 2.89. The van der Waals surface area contributed by atoms with Crippen molar-refractivity contribution in [2.45, 2.75) is 51.2 Å². The molecule has 118 valence electrons. The van der Waals surface area contributed by atoms with Crippen LogP contribution in [-0.2, 0) is 11.8 Å². The minimum atomic E-state index is -4.53. The fraction of sp³-hybridized carbons (Fsp3) is 0.769. The first-order valence-corrected chi connectivity index (χ1v) is 6.99. The van der Waals surface area contributed by atoms with Gasteiger partial charge in [0.2, 0.25) is 5.91 Å². The molecule has 1 unspecified atom stereocenters. The van der Waals surface area contributed by atoms with Crippen molar-refractivity contribution in [3.8, 4) is 0 Å². The molecule has 1 fully saturated rings. The second-order valence-electron chi connectivity index (χ2n) is 5.58. The molecule has 1 aliphatic carbocycles. The van der Waals surface area contributed by atoms with E-state index in [0.717, 1.165) is 6.42 Å². The van der Waals surface area contributed by atoms with Gasteiger partial charge >= 0.3 is 6.18 Å². The highest BCUT2D eigenvalue weighted by Crippen LogP contribution is 2.49. The van der Waals surface area contributed by atoms with Crippen molar-refractivity contribution >= 4 is 5.91 Å². The number of carbonyl (C=O) groups is 1. The highest BCUT2D eigenvalue weighted by molar-refractivity contribution is 5.84. The molecule has 0 spiro atoms. The second kappa shape index (κ2) is 5.65. The quantitative estimate of drug-likeness (QED) is 0.933. The maximum Gasteiger partial charge on any atom is 0.403 e. The second-order valence-corrected chi connectivity index (χ2v) is 5.58. The number of alkyl halides is 3. The van der Waals surface area contributed by atoms with Crippen molar-refractivity contribution in [2.24, 2.45) is 12.5 Å². The zero-order valence-corrected chi connectivity index (χ0v) is 12.1. The maximum atomic E-state index is 13.4. The molecule has 1 aromatic rings. The summed E-state index contributed by atoms with van der Waals surface area (Å²) in [5.74, 6) is -0.526. The van der Waals surface area contributed by atoms with E-state index in [9.17, 15) is 18.0 Å². The summed E-state index contributed by atoms with van der Waals surface area (Å²) in [4.78, 5) is 16.2. The van der Waals surface area contributed by atoms with Crippen LogP contribution in [0.2, 0.25) is 0 Å². The summed E-state index contributed by atoms with van der Waals surface area (Å²) in [6.07, 6.45) is -1.93. The Morgan fingerprint density at radius 1 is 1.38 bits per heavy atom. The lowest BCUT2D eigenvalue weighted by Gasteiger charge is -2.37. The third-order valence-corrected chi connectivity index (χ3v) is 4.17. The van der Waals surface area contributed by atoms with E-state index in [4.69, 9.17) is 0 Å². The molecule has 0 aromatic carbocycles. The Hall–Kier alpha value is -1.60. The van der Waals surface area contributed by atoms with E-state index in [1.54, 1.807) is 14.0 Å². The molecule has 1 heterocycles. The van der Waals surface area contributed by atoms with Crippen LogP contribution in [0.5, 0.6) is 0 Å². The number of amides is 1. The smallest absolute Gasteiger partial charge is 0.346 e. The summed E-state index contributed by atoms with van der Waals surface area (Å²) < 4.78 is 41.7. The lowest BCUT2D eigenvalue weighted by molar-refractivity contribution is -0.230. The minimum Gasteiger partial charge on any atom is -0.346 e. The van der Waals surface area contributed by atoms with Gasteiger partial charge in [0.1, 0.15) is 17.6 Å². The first kappa shape index (κ1) is 15.8. The van der Waals surface area contributed by atoms with E-state index in [1.807, 2.05) is 0 Å². The molecule has 5 nitrogen and oxygen atoms in total. The maximum absolute atomic E-state index is 13.4. The van der Waals surface area contributed by atoms with Crippen LogP contribution in [0.15, 0.2) is 6.33 Å². The summed E-state index contributed by atoms with van der Waals surface area (Å²) >= 11 is 0. The highest BCUT2D eigenvalue weighted by atomic mass is 19.4. The predicted octanol–water partition coefficient (Wildman–Crippen LogP) is 2.51. The third kappa shape index (κ3) is 2.89. The van der Waals surface area contributed by atoms with Crippen LogP contribution >= 0.6 is 0 Å². The molecule has 0 aliphatic heterocycles. The molecule has 1 atom stereocenters. The normalized spacial score (nSPS) is 20.0. The number of aromatic nitrogens is 3. The average Bonchev–Trinajstić information content (AvgIpc) is 2.84. The lowest BCUT2D eigenvalue weighted by atomic mass is 9.72. The number of rotatable bonds is 3. The monoisotopic (exact) mass is 304 g/mol. The average molecular weight is 304 g/mol. The fourth-order valence-electron chi connectivity index (χ4n) is 2.89. The van der Waals surface area contributed by atoms with Crippen molar-refractivity contribution in [1.29, 1.82) is 0 Å². The van der Waals surface area contributed by atoms with Gasteiger partial charge in [-0.1, -0.05) is 19.3 Å². The van der Waals surface area contributed by atoms with Gasteiger partial charge in [0.05, 0.1) is 6.04 Å². The molecule has 1 saturated carbocycles. The Morgan fingerprint density at radius 2 is 2.00 bits per heavy atom. The molecule has 2 rings (SSSR count). The van der Waals surface area contributed by atoms with Gasteiger partial charge in [-0.2, -0.15) is 18.3 Å². The molecule has 1 amide bonds. The van der Waals surface area contributed by atoms with Gasteiger partial charge in [-0.15, -0.1) is 0 Å². The Labute approximate surface area is 120 Å². The lowest BCUT2D eigenvalue weighted by Crippen LogP contribution is -2.52. The standard InChI is InChI=1S/C13H19F3N4O/c1-9(10-17-8-18-20(10)2)19-11(21)12(13(14,15)16)6-4-3-5-7-12/h8-9H,3-7H2,1-2H3,(H,19,21). The molecule has 21 heavy (non-hydrogen) atoms. The van der Waals surface area contributed by atoms with Crippen molar-refractivity contribution in [3.63, 3.8) is 0 Å². The number of carbonyl (C=O) groups excluding carboxylic acids is 1. The molecule has 1 N–H and O–H groups in total. The molecular formula is C13H19F3N4O. The molecule has 1 aliphatic rings.